The molecule has 0 radical (unpaired) electrons. The van der Waals surface area contributed by atoms with Crippen LogP contribution in [0.5, 0.6) is 0 Å². The molecule has 0 fully saturated rings. The van der Waals surface area contributed by atoms with Gasteiger partial charge in [-0.3, -0.25) is 9.78 Å². The van der Waals surface area contributed by atoms with Crippen LogP contribution >= 0.6 is 0 Å². The van der Waals surface area contributed by atoms with Gasteiger partial charge in [0.15, 0.2) is 0 Å². The third-order valence-electron chi connectivity index (χ3n) is 5.17. The van der Waals surface area contributed by atoms with Crippen molar-refractivity contribution in [2.75, 3.05) is 7.11 Å². The standard InChI is InChI=1S/C26H22N2O3/c1-31-26(30)23(17-18-12-14-20(15-13-18)19-7-3-2-4-8-19)28-25(29)22-11-5-9-21-10-6-16-27-24(21)22/h2-16,23H,17H2,1H3,(H,28,29)/t23-/m0/s1. The molecule has 0 bridgehead atoms. The first-order chi connectivity index (χ1) is 15.2. The van der Waals surface area contributed by atoms with Gasteiger partial charge in [-0.25, -0.2) is 4.79 Å². The van der Waals surface area contributed by atoms with E-state index in [1.165, 1.54) is 7.11 Å². The molecule has 0 saturated carbocycles. The third kappa shape index (κ3) is 4.61. The van der Waals surface area contributed by atoms with Crippen LogP contribution in [0, 0.1) is 0 Å². The second-order valence-corrected chi connectivity index (χ2v) is 7.20. The molecule has 1 aromatic heterocycles. The number of nitrogens with zero attached hydrogens (tertiary/aromatic N) is 1. The van der Waals surface area contributed by atoms with E-state index in [4.69, 9.17) is 4.74 Å². The lowest BCUT2D eigenvalue weighted by molar-refractivity contribution is -0.142. The summed E-state index contributed by atoms with van der Waals surface area (Å²) in [6, 6.07) is 26.3. The van der Waals surface area contributed by atoms with Crippen molar-refractivity contribution in [3.8, 4) is 11.1 Å². The summed E-state index contributed by atoms with van der Waals surface area (Å²) in [5.74, 6) is -0.853. The van der Waals surface area contributed by atoms with Gasteiger partial charge in [-0.1, -0.05) is 72.8 Å². The van der Waals surface area contributed by atoms with Gasteiger partial charge in [-0.15, -0.1) is 0 Å². The van der Waals surface area contributed by atoms with Gasteiger partial charge >= 0.3 is 5.97 Å². The van der Waals surface area contributed by atoms with E-state index in [9.17, 15) is 9.59 Å². The zero-order chi connectivity index (χ0) is 21.6. The lowest BCUT2D eigenvalue weighted by atomic mass is 10.0. The highest BCUT2D eigenvalue weighted by atomic mass is 16.5. The van der Waals surface area contributed by atoms with Crippen LogP contribution in [0.1, 0.15) is 15.9 Å². The fraction of sp³-hybridized carbons (Fsp3) is 0.115. The number of esters is 1. The van der Waals surface area contributed by atoms with Crippen molar-refractivity contribution in [3.05, 3.63) is 102 Å². The van der Waals surface area contributed by atoms with Crippen molar-refractivity contribution < 1.29 is 14.3 Å². The van der Waals surface area contributed by atoms with E-state index in [-0.39, 0.29) is 5.91 Å². The molecule has 1 N–H and O–H groups in total. The maximum Gasteiger partial charge on any atom is 0.328 e. The normalized spacial score (nSPS) is 11.6. The molecule has 5 nitrogen and oxygen atoms in total. The molecule has 154 valence electrons. The number of para-hydroxylation sites is 1. The van der Waals surface area contributed by atoms with Gasteiger partial charge in [-0.05, 0) is 28.8 Å². The molecule has 0 spiro atoms. The largest absolute Gasteiger partial charge is 0.467 e. The SMILES string of the molecule is COC(=O)[C@H](Cc1ccc(-c2ccccc2)cc1)NC(=O)c1cccc2cccnc12. The fourth-order valence-electron chi connectivity index (χ4n) is 3.56. The van der Waals surface area contributed by atoms with Gasteiger partial charge < -0.3 is 10.1 Å². The number of aromatic nitrogens is 1. The van der Waals surface area contributed by atoms with Crippen LogP contribution in [0.25, 0.3) is 22.0 Å². The zero-order valence-electron chi connectivity index (χ0n) is 17.1. The van der Waals surface area contributed by atoms with Gasteiger partial charge in [0.25, 0.3) is 5.91 Å². The highest BCUT2D eigenvalue weighted by molar-refractivity contribution is 6.06. The van der Waals surface area contributed by atoms with Gasteiger partial charge in [0.1, 0.15) is 6.04 Å². The average Bonchev–Trinajstić information content (AvgIpc) is 2.83. The molecule has 1 atom stereocenters. The van der Waals surface area contributed by atoms with E-state index < -0.39 is 12.0 Å². The topological polar surface area (TPSA) is 68.3 Å². The average molecular weight is 410 g/mol. The van der Waals surface area contributed by atoms with Gasteiger partial charge in [0.05, 0.1) is 18.2 Å². The Hall–Kier alpha value is -3.99. The first-order valence-electron chi connectivity index (χ1n) is 10.0. The molecule has 0 unspecified atom stereocenters. The summed E-state index contributed by atoms with van der Waals surface area (Å²) in [5, 5.41) is 3.68. The van der Waals surface area contributed by atoms with Crippen LogP contribution in [0.3, 0.4) is 0 Å². The maximum absolute atomic E-state index is 13.0. The van der Waals surface area contributed by atoms with Crippen molar-refractivity contribution >= 4 is 22.8 Å². The zero-order valence-corrected chi connectivity index (χ0v) is 17.1. The minimum absolute atomic E-state index is 0.325. The molecule has 31 heavy (non-hydrogen) atoms. The lowest BCUT2D eigenvalue weighted by Crippen LogP contribution is -2.43. The number of pyridine rings is 1. The second-order valence-electron chi connectivity index (χ2n) is 7.20. The number of hydrogen-bond donors (Lipinski definition) is 1. The predicted molar refractivity (Wildman–Crippen MR) is 121 cm³/mol. The predicted octanol–water partition coefficient (Wildman–Crippen LogP) is 4.42. The van der Waals surface area contributed by atoms with E-state index in [0.717, 1.165) is 22.1 Å². The summed E-state index contributed by atoms with van der Waals surface area (Å²) in [7, 11) is 1.32. The highest BCUT2D eigenvalue weighted by Gasteiger charge is 2.23. The highest BCUT2D eigenvalue weighted by Crippen LogP contribution is 2.20. The van der Waals surface area contributed by atoms with Gasteiger partial charge in [-0.2, -0.15) is 0 Å². The molecule has 1 amide bonds. The molecule has 4 aromatic rings. The van der Waals surface area contributed by atoms with E-state index in [2.05, 4.69) is 10.3 Å². The first kappa shape index (κ1) is 20.3. The van der Waals surface area contributed by atoms with Crippen LogP contribution in [-0.4, -0.2) is 30.0 Å². The van der Waals surface area contributed by atoms with Crippen LogP contribution in [0.15, 0.2) is 91.1 Å². The molecular formula is C26H22N2O3. The number of fused-ring (bicyclic) bond motifs is 1. The van der Waals surface area contributed by atoms with Gasteiger partial charge in [0, 0.05) is 18.0 Å². The Morgan fingerprint density at radius 3 is 2.32 bits per heavy atom. The molecule has 3 aromatic carbocycles. The molecule has 0 saturated heterocycles. The Labute approximate surface area is 180 Å². The number of carbonyl (C=O) groups excluding carboxylic acids is 2. The number of ether oxygens (including phenoxy) is 1. The summed E-state index contributed by atoms with van der Waals surface area (Å²) in [4.78, 5) is 29.7. The molecule has 0 aliphatic carbocycles. The molecule has 0 aliphatic heterocycles. The summed E-state index contributed by atoms with van der Waals surface area (Å²) >= 11 is 0. The van der Waals surface area contributed by atoms with Crippen molar-refractivity contribution in [1.29, 1.82) is 0 Å². The number of hydrogen-bond acceptors (Lipinski definition) is 4. The van der Waals surface area contributed by atoms with E-state index in [1.807, 2.05) is 72.8 Å². The lowest BCUT2D eigenvalue weighted by Gasteiger charge is -2.17. The van der Waals surface area contributed by atoms with Crippen molar-refractivity contribution in [2.45, 2.75) is 12.5 Å². The Bertz CT molecular complexity index is 1200. The van der Waals surface area contributed by atoms with E-state index in [1.54, 1.807) is 18.3 Å². The van der Waals surface area contributed by atoms with E-state index >= 15 is 0 Å². The summed E-state index contributed by atoms with van der Waals surface area (Å²) in [5.41, 5.74) is 4.15. The Kier molecular flexibility index (Phi) is 6.03. The molecule has 1 heterocycles. The Morgan fingerprint density at radius 2 is 1.58 bits per heavy atom. The fourth-order valence-corrected chi connectivity index (χ4v) is 3.56. The summed E-state index contributed by atoms with van der Waals surface area (Å²) < 4.78 is 4.93. The summed E-state index contributed by atoms with van der Waals surface area (Å²) in [6.45, 7) is 0. The molecular weight excluding hydrogens is 388 g/mol. The number of methoxy groups -OCH3 is 1. The third-order valence-corrected chi connectivity index (χ3v) is 5.17. The second kappa shape index (κ2) is 9.22. The number of carbonyl (C=O) groups is 2. The van der Waals surface area contributed by atoms with Crippen molar-refractivity contribution in [2.24, 2.45) is 0 Å². The van der Waals surface area contributed by atoms with E-state index in [0.29, 0.717) is 17.5 Å². The van der Waals surface area contributed by atoms with Gasteiger partial charge in [0.2, 0.25) is 0 Å². The Morgan fingerprint density at radius 1 is 0.871 bits per heavy atom. The number of amides is 1. The monoisotopic (exact) mass is 410 g/mol. The van der Waals surface area contributed by atoms with Crippen LogP contribution in [0.2, 0.25) is 0 Å². The van der Waals surface area contributed by atoms with Crippen LogP contribution < -0.4 is 5.32 Å². The minimum atomic E-state index is -0.806. The summed E-state index contributed by atoms with van der Waals surface area (Å²) in [6.07, 6.45) is 1.97. The number of nitrogens with one attached hydrogen (secondary N) is 1. The molecule has 5 heteroatoms. The number of rotatable bonds is 6. The van der Waals surface area contributed by atoms with Crippen molar-refractivity contribution in [1.82, 2.24) is 10.3 Å². The van der Waals surface area contributed by atoms with Crippen LogP contribution in [-0.2, 0) is 16.0 Å². The number of benzene rings is 3. The molecule has 0 aliphatic rings. The molecule has 4 rings (SSSR count). The maximum atomic E-state index is 13.0. The quantitative estimate of drug-likeness (QED) is 0.478. The minimum Gasteiger partial charge on any atom is -0.467 e. The van der Waals surface area contributed by atoms with Crippen molar-refractivity contribution in [3.63, 3.8) is 0 Å². The van der Waals surface area contributed by atoms with Crippen LogP contribution in [0.4, 0.5) is 0 Å². The first-order valence-corrected chi connectivity index (χ1v) is 10.0. The smallest absolute Gasteiger partial charge is 0.328 e. The Balaban J connectivity index is 1.54.